The van der Waals surface area contributed by atoms with Crippen molar-refractivity contribution < 1.29 is 4.43 Å². The van der Waals surface area contributed by atoms with Crippen LogP contribution in [0.2, 0.25) is 0 Å². The molecule has 0 aromatic heterocycles. The normalized spacial score (nSPS) is 12.4. The highest BCUT2D eigenvalue weighted by Gasteiger charge is 2.21. The Bertz CT molecular complexity index is 482. The first-order chi connectivity index (χ1) is 9.18. The lowest BCUT2D eigenvalue weighted by molar-refractivity contribution is 0.270. The first-order valence-electron chi connectivity index (χ1n) is 6.48. The summed E-state index contributed by atoms with van der Waals surface area (Å²) in [4.78, 5) is 0. The zero-order valence-electron chi connectivity index (χ0n) is 11.5. The maximum Gasteiger partial charge on any atom is 0.283 e. The molecule has 0 saturated heterocycles. The van der Waals surface area contributed by atoms with Gasteiger partial charge in [-0.15, -0.1) is 0 Å². The molecule has 0 saturated carbocycles. The Morgan fingerprint density at radius 3 is 1.74 bits per heavy atom. The van der Waals surface area contributed by atoms with Gasteiger partial charge < -0.3 is 4.43 Å². The van der Waals surface area contributed by atoms with E-state index in [9.17, 15) is 0 Å². The molecule has 0 aliphatic rings. The molecule has 19 heavy (non-hydrogen) atoms. The summed E-state index contributed by atoms with van der Waals surface area (Å²) in [5.74, 6) is 0. The van der Waals surface area contributed by atoms with Gasteiger partial charge in [0.2, 0.25) is 0 Å². The predicted molar refractivity (Wildman–Crippen MR) is 83.3 cm³/mol. The van der Waals surface area contributed by atoms with E-state index in [1.165, 1.54) is 10.4 Å². The van der Waals surface area contributed by atoms with Crippen LogP contribution in [0.1, 0.15) is 13.8 Å². The van der Waals surface area contributed by atoms with Crippen LogP contribution in [0.5, 0.6) is 0 Å². The van der Waals surface area contributed by atoms with Crippen LogP contribution in [-0.2, 0) is 4.43 Å². The van der Waals surface area contributed by atoms with Gasteiger partial charge in [-0.3, -0.25) is 0 Å². The summed E-state index contributed by atoms with van der Waals surface area (Å²) < 4.78 is 6.29. The van der Waals surface area contributed by atoms with Crippen molar-refractivity contribution in [2.24, 2.45) is 0 Å². The molecule has 2 aromatic carbocycles. The summed E-state index contributed by atoms with van der Waals surface area (Å²) >= 11 is 0. The van der Waals surface area contributed by atoms with Gasteiger partial charge in [0.05, 0.1) is 6.10 Å². The summed E-state index contributed by atoms with van der Waals surface area (Å²) in [6, 6.07) is 20.9. The molecule has 0 aliphatic carbocycles. The highest BCUT2D eigenvalue weighted by Crippen LogP contribution is 2.05. The maximum atomic E-state index is 6.29. The molecule has 0 fully saturated rings. The molecular formula is C17H19OSi. The van der Waals surface area contributed by atoms with Gasteiger partial charge in [0, 0.05) is 0 Å². The Labute approximate surface area is 117 Å². The van der Waals surface area contributed by atoms with Crippen molar-refractivity contribution in [1.29, 1.82) is 0 Å². The van der Waals surface area contributed by atoms with Gasteiger partial charge in [-0.2, -0.15) is 0 Å². The van der Waals surface area contributed by atoms with E-state index >= 15 is 0 Å². The van der Waals surface area contributed by atoms with Crippen LogP contribution in [0.25, 0.3) is 0 Å². The predicted octanol–water partition coefficient (Wildman–Crippen LogP) is 2.77. The van der Waals surface area contributed by atoms with Gasteiger partial charge in [0.25, 0.3) is 9.04 Å². The lowest BCUT2D eigenvalue weighted by atomic mass is 10.2. The fourth-order valence-electron chi connectivity index (χ4n) is 1.76. The number of hydrogen-bond donors (Lipinski definition) is 0. The van der Waals surface area contributed by atoms with Crippen LogP contribution in [0.4, 0.5) is 0 Å². The van der Waals surface area contributed by atoms with E-state index in [4.69, 9.17) is 4.43 Å². The van der Waals surface area contributed by atoms with Gasteiger partial charge in [0.1, 0.15) is 0 Å². The molecule has 0 amide bonds. The molecule has 1 nitrogen and oxygen atoms in total. The number of hydrogen-bond acceptors (Lipinski definition) is 1. The van der Waals surface area contributed by atoms with Crippen LogP contribution in [-0.4, -0.2) is 15.1 Å². The first-order valence-corrected chi connectivity index (χ1v) is 7.89. The fourth-order valence-corrected chi connectivity index (χ4v) is 3.91. The van der Waals surface area contributed by atoms with Crippen molar-refractivity contribution in [1.82, 2.24) is 0 Å². The van der Waals surface area contributed by atoms with Crippen LogP contribution in [0, 0.1) is 0 Å². The molecule has 0 spiro atoms. The average molecular weight is 267 g/mol. The molecule has 0 bridgehead atoms. The SMILES string of the molecule is C=C(C)C(C)O[Si](c1ccccc1)c1ccccc1. The minimum atomic E-state index is -1.20. The van der Waals surface area contributed by atoms with Crippen molar-refractivity contribution in [3.8, 4) is 0 Å². The molecule has 0 N–H and O–H groups in total. The zero-order valence-corrected chi connectivity index (χ0v) is 12.5. The lowest BCUT2D eigenvalue weighted by Crippen LogP contribution is -2.46. The Morgan fingerprint density at radius 1 is 0.947 bits per heavy atom. The van der Waals surface area contributed by atoms with Crippen molar-refractivity contribution in [3.63, 3.8) is 0 Å². The van der Waals surface area contributed by atoms with Crippen molar-refractivity contribution in [3.05, 3.63) is 72.8 Å². The summed E-state index contributed by atoms with van der Waals surface area (Å²) in [6.45, 7) is 8.07. The van der Waals surface area contributed by atoms with Crippen LogP contribution in [0.15, 0.2) is 72.8 Å². The minimum Gasteiger partial charge on any atom is -0.401 e. The van der Waals surface area contributed by atoms with Crippen LogP contribution >= 0.6 is 0 Å². The van der Waals surface area contributed by atoms with Gasteiger partial charge in [-0.25, -0.2) is 0 Å². The average Bonchev–Trinajstić information content (AvgIpc) is 2.46. The van der Waals surface area contributed by atoms with E-state index in [0.717, 1.165) is 5.57 Å². The zero-order chi connectivity index (χ0) is 13.7. The molecule has 2 aromatic rings. The molecule has 1 atom stereocenters. The third kappa shape index (κ3) is 3.66. The Balaban J connectivity index is 2.32. The minimum absolute atomic E-state index is 0.0781. The standard InChI is InChI=1S/C17H19OSi/c1-14(2)15(3)18-19(16-10-6-4-7-11-16)17-12-8-5-9-13-17/h4-13,15H,1H2,2-3H3. The van der Waals surface area contributed by atoms with E-state index in [-0.39, 0.29) is 6.10 Å². The second-order valence-corrected chi connectivity index (χ2v) is 6.72. The van der Waals surface area contributed by atoms with Gasteiger partial charge in [-0.1, -0.05) is 72.8 Å². The molecule has 2 heteroatoms. The summed E-state index contributed by atoms with van der Waals surface area (Å²) in [5, 5.41) is 2.54. The Kier molecular flexibility index (Phi) is 4.72. The Morgan fingerprint density at radius 2 is 1.37 bits per heavy atom. The molecule has 1 unspecified atom stereocenters. The van der Waals surface area contributed by atoms with Crippen LogP contribution in [0.3, 0.4) is 0 Å². The summed E-state index contributed by atoms with van der Waals surface area (Å²) in [5.41, 5.74) is 1.06. The van der Waals surface area contributed by atoms with Crippen molar-refractivity contribution in [2.75, 3.05) is 0 Å². The molecule has 1 radical (unpaired) electrons. The molecule has 0 aliphatic heterocycles. The third-order valence-electron chi connectivity index (χ3n) is 3.06. The van der Waals surface area contributed by atoms with E-state index in [2.05, 4.69) is 62.0 Å². The van der Waals surface area contributed by atoms with Gasteiger partial charge in [0.15, 0.2) is 0 Å². The van der Waals surface area contributed by atoms with E-state index in [1.807, 2.05) is 19.1 Å². The molecular weight excluding hydrogens is 248 g/mol. The fraction of sp³-hybridized carbons (Fsp3) is 0.176. The topological polar surface area (TPSA) is 9.23 Å². The second kappa shape index (κ2) is 6.50. The Hall–Kier alpha value is -1.64. The molecule has 0 heterocycles. The van der Waals surface area contributed by atoms with E-state index in [0.29, 0.717) is 0 Å². The number of benzene rings is 2. The quantitative estimate of drug-likeness (QED) is 0.598. The maximum absolute atomic E-state index is 6.29. The van der Waals surface area contributed by atoms with E-state index < -0.39 is 9.04 Å². The van der Waals surface area contributed by atoms with E-state index in [1.54, 1.807) is 0 Å². The third-order valence-corrected chi connectivity index (χ3v) is 5.37. The first kappa shape index (κ1) is 13.8. The molecule has 2 rings (SSSR count). The smallest absolute Gasteiger partial charge is 0.283 e. The summed E-state index contributed by atoms with van der Waals surface area (Å²) in [6.07, 6.45) is 0.0781. The van der Waals surface area contributed by atoms with Crippen molar-refractivity contribution in [2.45, 2.75) is 20.0 Å². The second-order valence-electron chi connectivity index (χ2n) is 4.67. The largest absolute Gasteiger partial charge is 0.401 e. The highest BCUT2D eigenvalue weighted by molar-refractivity contribution is 6.80. The monoisotopic (exact) mass is 267 g/mol. The van der Waals surface area contributed by atoms with Crippen molar-refractivity contribution >= 4 is 19.4 Å². The number of rotatable bonds is 5. The summed E-state index contributed by atoms with van der Waals surface area (Å²) in [7, 11) is -1.20. The molecule has 97 valence electrons. The lowest BCUT2D eigenvalue weighted by Gasteiger charge is -2.21. The van der Waals surface area contributed by atoms with Gasteiger partial charge in [-0.05, 0) is 24.2 Å². The van der Waals surface area contributed by atoms with Crippen LogP contribution < -0.4 is 10.4 Å². The van der Waals surface area contributed by atoms with Gasteiger partial charge >= 0.3 is 0 Å². The highest BCUT2D eigenvalue weighted by atomic mass is 28.3.